The largest absolute Gasteiger partial charge is 0.497 e. The Bertz CT molecular complexity index is 1120. The van der Waals surface area contributed by atoms with Crippen molar-refractivity contribution in [2.24, 2.45) is 4.99 Å². The van der Waals surface area contributed by atoms with Gasteiger partial charge in [-0.2, -0.15) is 4.99 Å². The highest BCUT2D eigenvalue weighted by atomic mass is 32.1. The maximum atomic E-state index is 14.3. The van der Waals surface area contributed by atoms with Crippen molar-refractivity contribution in [1.82, 2.24) is 4.57 Å². The van der Waals surface area contributed by atoms with Crippen molar-refractivity contribution in [1.29, 1.82) is 0 Å². The maximum Gasteiger partial charge on any atom is 0.325 e. The van der Waals surface area contributed by atoms with Crippen molar-refractivity contribution in [2.75, 3.05) is 14.2 Å². The molecule has 6 nitrogen and oxygen atoms in total. The van der Waals surface area contributed by atoms with Crippen molar-refractivity contribution >= 4 is 33.4 Å². The molecule has 0 aliphatic carbocycles. The van der Waals surface area contributed by atoms with Crippen molar-refractivity contribution in [3.63, 3.8) is 0 Å². The summed E-state index contributed by atoms with van der Waals surface area (Å²) in [5.74, 6) is -2.16. The van der Waals surface area contributed by atoms with Gasteiger partial charge in [-0.1, -0.05) is 23.5 Å². The number of thiazole rings is 1. The fourth-order valence-electron chi connectivity index (χ4n) is 2.66. The van der Waals surface area contributed by atoms with Gasteiger partial charge < -0.3 is 14.0 Å². The van der Waals surface area contributed by atoms with Gasteiger partial charge in [0.25, 0.3) is 5.91 Å². The summed E-state index contributed by atoms with van der Waals surface area (Å²) in [6.45, 7) is -0.357. The third kappa shape index (κ3) is 4.25. The molecule has 0 fully saturated rings. The first-order valence-corrected chi connectivity index (χ1v) is 8.98. The Labute approximate surface area is 162 Å². The molecule has 146 valence electrons. The van der Waals surface area contributed by atoms with Gasteiger partial charge in [-0.25, -0.2) is 8.78 Å². The SMILES string of the molecule is COC(=O)Cn1c(=NC(=O)Cc2cccc(OC)c2)sc2cc(F)cc(F)c21. The summed E-state index contributed by atoms with van der Waals surface area (Å²) >= 11 is 0.914. The molecule has 0 bridgehead atoms. The second kappa shape index (κ2) is 8.30. The molecule has 0 radical (unpaired) electrons. The van der Waals surface area contributed by atoms with Crippen molar-refractivity contribution in [3.8, 4) is 5.75 Å². The second-order valence-electron chi connectivity index (χ2n) is 5.82. The molecule has 0 atom stereocenters. The predicted molar refractivity (Wildman–Crippen MR) is 99.0 cm³/mol. The fourth-order valence-corrected chi connectivity index (χ4v) is 3.74. The van der Waals surface area contributed by atoms with Crippen molar-refractivity contribution in [3.05, 3.63) is 58.4 Å². The highest BCUT2D eigenvalue weighted by Gasteiger charge is 2.16. The van der Waals surface area contributed by atoms with Gasteiger partial charge in [0, 0.05) is 6.07 Å². The minimum atomic E-state index is -0.850. The molecule has 0 N–H and O–H groups in total. The van der Waals surface area contributed by atoms with Crippen molar-refractivity contribution in [2.45, 2.75) is 13.0 Å². The lowest BCUT2D eigenvalue weighted by Crippen LogP contribution is -2.23. The Morgan fingerprint density at radius 2 is 1.96 bits per heavy atom. The van der Waals surface area contributed by atoms with Crippen LogP contribution in [-0.2, 0) is 27.3 Å². The zero-order valence-electron chi connectivity index (χ0n) is 15.1. The summed E-state index contributed by atoms with van der Waals surface area (Å²) in [4.78, 5) is 28.2. The minimum Gasteiger partial charge on any atom is -0.497 e. The molecule has 0 unspecified atom stereocenters. The van der Waals surface area contributed by atoms with Crippen LogP contribution in [-0.4, -0.2) is 30.7 Å². The van der Waals surface area contributed by atoms with Gasteiger partial charge in [-0.05, 0) is 23.8 Å². The first-order chi connectivity index (χ1) is 13.4. The Kier molecular flexibility index (Phi) is 5.84. The number of hydrogen-bond acceptors (Lipinski definition) is 5. The highest BCUT2D eigenvalue weighted by Crippen LogP contribution is 2.22. The molecule has 9 heteroatoms. The second-order valence-corrected chi connectivity index (χ2v) is 6.82. The van der Waals surface area contributed by atoms with Crippen molar-refractivity contribution < 1.29 is 27.8 Å². The van der Waals surface area contributed by atoms with Crippen LogP contribution < -0.4 is 9.54 Å². The van der Waals surface area contributed by atoms with Gasteiger partial charge in [-0.3, -0.25) is 9.59 Å². The maximum absolute atomic E-state index is 14.3. The first-order valence-electron chi connectivity index (χ1n) is 8.17. The zero-order chi connectivity index (χ0) is 20.3. The van der Waals surface area contributed by atoms with Gasteiger partial charge in [-0.15, -0.1) is 0 Å². The Balaban J connectivity index is 2.04. The number of nitrogens with zero attached hydrogens (tertiary/aromatic N) is 2. The standard InChI is InChI=1S/C19H16F2N2O4S/c1-26-13-5-3-4-11(6-13)7-16(24)22-19-23(10-17(25)27-2)18-14(21)8-12(20)9-15(18)28-19/h3-6,8-9H,7,10H2,1-2H3. The van der Waals surface area contributed by atoms with E-state index >= 15 is 0 Å². The summed E-state index contributed by atoms with van der Waals surface area (Å²) < 4.78 is 39.0. The third-order valence-electron chi connectivity index (χ3n) is 3.92. The van der Waals surface area contributed by atoms with Gasteiger partial charge >= 0.3 is 5.97 Å². The van der Waals surface area contributed by atoms with Crippen LogP contribution in [0.15, 0.2) is 41.4 Å². The molecule has 1 heterocycles. The number of esters is 1. The predicted octanol–water partition coefficient (Wildman–Crippen LogP) is 2.83. The van der Waals surface area contributed by atoms with E-state index in [2.05, 4.69) is 9.73 Å². The number of ether oxygens (including phenoxy) is 2. The molecule has 0 saturated heterocycles. The number of hydrogen-bond donors (Lipinski definition) is 0. The van der Waals surface area contributed by atoms with Crippen LogP contribution in [0.1, 0.15) is 5.56 Å². The number of methoxy groups -OCH3 is 2. The van der Waals surface area contributed by atoms with E-state index in [0.29, 0.717) is 17.4 Å². The molecule has 3 aromatic rings. The summed E-state index contributed by atoms with van der Waals surface area (Å²) in [5.41, 5.74) is 0.677. The van der Waals surface area contributed by atoms with Gasteiger partial charge in [0.2, 0.25) is 0 Å². The Morgan fingerprint density at radius 3 is 2.68 bits per heavy atom. The van der Waals surface area contributed by atoms with Crippen LogP contribution in [0.25, 0.3) is 10.2 Å². The van der Waals surface area contributed by atoms with Gasteiger partial charge in [0.15, 0.2) is 10.6 Å². The molecular formula is C19H16F2N2O4S. The minimum absolute atomic E-state index is 0.00951. The quantitative estimate of drug-likeness (QED) is 0.611. The van der Waals surface area contributed by atoms with Crippen LogP contribution >= 0.6 is 11.3 Å². The van der Waals surface area contributed by atoms with E-state index in [0.717, 1.165) is 17.4 Å². The molecule has 0 spiro atoms. The molecule has 0 aliphatic rings. The van der Waals surface area contributed by atoms with Gasteiger partial charge in [0.05, 0.1) is 30.9 Å². The average molecular weight is 406 g/mol. The Hall–Kier alpha value is -3.07. The molecule has 1 aromatic heterocycles. The number of carbonyl (C=O) groups is 2. The van der Waals surface area contributed by atoms with Crippen LogP contribution in [0.4, 0.5) is 8.78 Å². The topological polar surface area (TPSA) is 69.9 Å². The number of benzene rings is 2. The normalized spacial score (nSPS) is 11.6. The molecule has 0 saturated carbocycles. The molecule has 2 aromatic carbocycles. The molecule has 3 rings (SSSR count). The average Bonchev–Trinajstić information content (AvgIpc) is 2.98. The summed E-state index contributed by atoms with van der Waals surface area (Å²) in [5, 5.41) is 0. The smallest absolute Gasteiger partial charge is 0.325 e. The lowest BCUT2D eigenvalue weighted by Gasteiger charge is -2.05. The molecular weight excluding hydrogens is 390 g/mol. The number of fused-ring (bicyclic) bond motifs is 1. The fraction of sp³-hybridized carbons (Fsp3) is 0.211. The number of rotatable bonds is 5. The van der Waals surface area contributed by atoms with Gasteiger partial charge in [0.1, 0.15) is 18.1 Å². The van der Waals surface area contributed by atoms with E-state index in [1.807, 2.05) is 0 Å². The Morgan fingerprint density at radius 1 is 1.18 bits per heavy atom. The lowest BCUT2D eigenvalue weighted by atomic mass is 10.1. The van der Waals surface area contributed by atoms with Crippen LogP contribution in [0.5, 0.6) is 5.75 Å². The zero-order valence-corrected chi connectivity index (χ0v) is 15.9. The molecule has 0 aliphatic heterocycles. The number of amides is 1. The van der Waals surface area contributed by atoms with Crippen LogP contribution in [0.3, 0.4) is 0 Å². The van der Waals surface area contributed by atoms with E-state index in [1.54, 1.807) is 24.3 Å². The first kappa shape index (κ1) is 19.7. The molecule has 28 heavy (non-hydrogen) atoms. The number of aromatic nitrogens is 1. The van der Waals surface area contributed by atoms with E-state index in [1.165, 1.54) is 18.8 Å². The third-order valence-corrected chi connectivity index (χ3v) is 4.95. The number of carbonyl (C=O) groups excluding carboxylic acids is 2. The lowest BCUT2D eigenvalue weighted by molar-refractivity contribution is -0.141. The summed E-state index contributed by atoms with van der Waals surface area (Å²) in [7, 11) is 2.71. The summed E-state index contributed by atoms with van der Waals surface area (Å²) in [6.07, 6.45) is -0.0134. The van der Waals surface area contributed by atoms with E-state index in [-0.39, 0.29) is 28.0 Å². The highest BCUT2D eigenvalue weighted by molar-refractivity contribution is 7.16. The summed E-state index contributed by atoms with van der Waals surface area (Å²) in [6, 6.07) is 8.79. The monoisotopic (exact) mass is 406 g/mol. The van der Waals surface area contributed by atoms with Crippen LogP contribution in [0.2, 0.25) is 0 Å². The van der Waals surface area contributed by atoms with E-state index in [4.69, 9.17) is 4.74 Å². The van der Waals surface area contributed by atoms with Crippen LogP contribution in [0, 0.1) is 11.6 Å². The molecule has 1 amide bonds. The number of halogens is 2. The van der Waals surface area contributed by atoms with E-state index < -0.39 is 23.5 Å². The van der Waals surface area contributed by atoms with E-state index in [9.17, 15) is 18.4 Å².